The smallest absolute Gasteiger partial charge is 0.407 e. The number of nitrogens with two attached hydrogens (primary N) is 1. The van der Waals surface area contributed by atoms with Gasteiger partial charge in [-0.3, -0.25) is 5.10 Å². The van der Waals surface area contributed by atoms with Gasteiger partial charge in [-0.2, -0.15) is 5.10 Å². The van der Waals surface area contributed by atoms with Crippen LogP contribution in [0.5, 0.6) is 0 Å². The molecular weight excluding hydrogens is 208 g/mol. The second-order valence-electron chi connectivity index (χ2n) is 4.49. The minimum atomic E-state index is -0.471. The third kappa shape index (κ3) is 4.68. The van der Waals surface area contributed by atoms with Gasteiger partial charge in [-0.25, -0.2) is 4.79 Å². The molecule has 0 atom stereocenters. The van der Waals surface area contributed by atoms with E-state index >= 15 is 0 Å². The first-order valence-electron chi connectivity index (χ1n) is 5.13. The van der Waals surface area contributed by atoms with Crippen LogP contribution in [0.1, 0.15) is 26.5 Å². The number of aromatic amines is 1. The molecule has 0 aliphatic carbocycles. The van der Waals surface area contributed by atoms with Gasteiger partial charge in [0.15, 0.2) is 0 Å². The molecule has 6 nitrogen and oxygen atoms in total. The fourth-order valence-corrected chi connectivity index (χ4v) is 1.12. The molecule has 90 valence electrons. The van der Waals surface area contributed by atoms with E-state index in [-0.39, 0.29) is 0 Å². The minimum absolute atomic E-state index is 0.420. The Labute approximate surface area is 94.5 Å². The molecule has 1 aromatic rings. The SMILES string of the molecule is CC(C)(C)OC(=O)NCCc1cc(N)[nH]n1. The van der Waals surface area contributed by atoms with Crippen molar-refractivity contribution in [1.29, 1.82) is 0 Å². The molecule has 16 heavy (non-hydrogen) atoms. The molecule has 1 heterocycles. The third-order valence-electron chi connectivity index (χ3n) is 1.70. The Balaban J connectivity index is 2.23. The van der Waals surface area contributed by atoms with Crippen LogP contribution in [0.3, 0.4) is 0 Å². The molecule has 0 bridgehead atoms. The number of aromatic nitrogens is 2. The van der Waals surface area contributed by atoms with Crippen molar-refractivity contribution in [2.45, 2.75) is 32.8 Å². The van der Waals surface area contributed by atoms with Gasteiger partial charge in [0.25, 0.3) is 0 Å². The van der Waals surface area contributed by atoms with E-state index in [1.807, 2.05) is 20.8 Å². The average molecular weight is 226 g/mol. The number of nitrogens with zero attached hydrogens (tertiary/aromatic N) is 1. The normalized spacial score (nSPS) is 11.2. The molecule has 6 heteroatoms. The standard InChI is InChI=1S/C10H18N4O2/c1-10(2,3)16-9(15)12-5-4-7-6-8(11)14-13-7/h6H,4-5H2,1-3H3,(H,12,15)(H3,11,13,14). The lowest BCUT2D eigenvalue weighted by atomic mass is 10.2. The summed E-state index contributed by atoms with van der Waals surface area (Å²) in [7, 11) is 0. The number of H-pyrrole nitrogens is 1. The maximum Gasteiger partial charge on any atom is 0.407 e. The predicted molar refractivity (Wildman–Crippen MR) is 60.9 cm³/mol. The Bertz CT molecular complexity index is 354. The number of nitrogen functional groups attached to an aromatic ring is 1. The number of anilines is 1. The number of amides is 1. The van der Waals surface area contributed by atoms with Gasteiger partial charge in [0.1, 0.15) is 11.4 Å². The molecule has 0 unspecified atom stereocenters. The van der Waals surface area contributed by atoms with Crippen molar-refractivity contribution in [1.82, 2.24) is 15.5 Å². The molecule has 0 aromatic carbocycles. The number of ether oxygens (including phenoxy) is 1. The first-order chi connectivity index (χ1) is 7.37. The highest BCUT2D eigenvalue weighted by atomic mass is 16.6. The van der Waals surface area contributed by atoms with Gasteiger partial charge in [-0.1, -0.05) is 0 Å². The van der Waals surface area contributed by atoms with Crippen molar-refractivity contribution in [3.05, 3.63) is 11.8 Å². The molecule has 4 N–H and O–H groups in total. The topological polar surface area (TPSA) is 93.0 Å². The number of carbonyl (C=O) groups is 1. The largest absolute Gasteiger partial charge is 0.444 e. The number of alkyl carbamates (subject to hydrolysis) is 1. The zero-order chi connectivity index (χ0) is 12.2. The van der Waals surface area contributed by atoms with Crippen molar-refractivity contribution < 1.29 is 9.53 Å². The lowest BCUT2D eigenvalue weighted by Crippen LogP contribution is -2.33. The monoisotopic (exact) mass is 226 g/mol. The first kappa shape index (κ1) is 12.4. The van der Waals surface area contributed by atoms with Crippen LogP contribution in [-0.4, -0.2) is 28.4 Å². The van der Waals surface area contributed by atoms with Crippen LogP contribution < -0.4 is 11.1 Å². The molecule has 0 saturated carbocycles. The van der Waals surface area contributed by atoms with E-state index in [1.165, 1.54) is 0 Å². The molecule has 1 rings (SSSR count). The summed E-state index contributed by atoms with van der Waals surface area (Å²) in [6, 6.07) is 1.73. The number of carbonyl (C=O) groups excluding carboxylic acids is 1. The van der Waals surface area contributed by atoms with E-state index in [4.69, 9.17) is 10.5 Å². The van der Waals surface area contributed by atoms with Gasteiger partial charge in [0.2, 0.25) is 0 Å². The average Bonchev–Trinajstić information content (AvgIpc) is 2.48. The van der Waals surface area contributed by atoms with E-state index in [9.17, 15) is 4.79 Å². The van der Waals surface area contributed by atoms with Crippen molar-refractivity contribution in [2.75, 3.05) is 12.3 Å². The van der Waals surface area contributed by atoms with Crippen LogP contribution in [0.4, 0.5) is 10.6 Å². The van der Waals surface area contributed by atoms with Gasteiger partial charge in [0.05, 0.1) is 5.69 Å². The highest BCUT2D eigenvalue weighted by Gasteiger charge is 2.15. The molecule has 0 spiro atoms. The number of hydrogen-bond acceptors (Lipinski definition) is 4. The predicted octanol–water partition coefficient (Wildman–Crippen LogP) is 1.06. The zero-order valence-electron chi connectivity index (χ0n) is 9.83. The molecule has 0 radical (unpaired) electrons. The molecule has 0 saturated heterocycles. The Morgan fingerprint density at radius 3 is 2.81 bits per heavy atom. The Kier molecular flexibility index (Phi) is 3.76. The van der Waals surface area contributed by atoms with Crippen LogP contribution in [0.15, 0.2) is 6.07 Å². The van der Waals surface area contributed by atoms with Gasteiger partial charge >= 0.3 is 6.09 Å². The van der Waals surface area contributed by atoms with Crippen molar-refractivity contribution in [3.8, 4) is 0 Å². The maximum atomic E-state index is 11.3. The molecule has 0 aliphatic rings. The van der Waals surface area contributed by atoms with Crippen molar-refractivity contribution in [2.24, 2.45) is 0 Å². The van der Waals surface area contributed by atoms with Gasteiger partial charge in [0, 0.05) is 19.0 Å². The fraction of sp³-hybridized carbons (Fsp3) is 0.600. The number of rotatable bonds is 3. The van der Waals surface area contributed by atoms with E-state index in [1.54, 1.807) is 6.07 Å². The molecule has 0 fully saturated rings. The van der Waals surface area contributed by atoms with Crippen LogP contribution in [0.25, 0.3) is 0 Å². The highest BCUT2D eigenvalue weighted by Crippen LogP contribution is 2.06. The summed E-state index contributed by atoms with van der Waals surface area (Å²) < 4.78 is 5.08. The Morgan fingerprint density at radius 2 is 2.31 bits per heavy atom. The summed E-state index contributed by atoms with van der Waals surface area (Å²) in [6.07, 6.45) is 0.198. The summed E-state index contributed by atoms with van der Waals surface area (Å²) >= 11 is 0. The first-order valence-corrected chi connectivity index (χ1v) is 5.13. The van der Waals surface area contributed by atoms with E-state index < -0.39 is 11.7 Å². The Morgan fingerprint density at radius 1 is 1.62 bits per heavy atom. The lowest BCUT2D eigenvalue weighted by molar-refractivity contribution is 0.0528. The molecule has 1 amide bonds. The van der Waals surface area contributed by atoms with E-state index in [0.29, 0.717) is 18.8 Å². The van der Waals surface area contributed by atoms with Gasteiger partial charge in [-0.05, 0) is 20.8 Å². The second-order valence-corrected chi connectivity index (χ2v) is 4.49. The summed E-state index contributed by atoms with van der Waals surface area (Å²) in [5.74, 6) is 0.521. The lowest BCUT2D eigenvalue weighted by Gasteiger charge is -2.19. The summed E-state index contributed by atoms with van der Waals surface area (Å²) in [5, 5.41) is 9.21. The van der Waals surface area contributed by atoms with Gasteiger partial charge in [-0.15, -0.1) is 0 Å². The second kappa shape index (κ2) is 4.87. The zero-order valence-corrected chi connectivity index (χ0v) is 9.83. The third-order valence-corrected chi connectivity index (χ3v) is 1.70. The quantitative estimate of drug-likeness (QED) is 0.718. The highest BCUT2D eigenvalue weighted by molar-refractivity contribution is 5.67. The Hall–Kier alpha value is -1.72. The number of hydrogen-bond donors (Lipinski definition) is 3. The van der Waals surface area contributed by atoms with Crippen molar-refractivity contribution in [3.63, 3.8) is 0 Å². The maximum absolute atomic E-state index is 11.3. The molecule has 1 aromatic heterocycles. The van der Waals surface area contributed by atoms with Crippen LogP contribution >= 0.6 is 0 Å². The van der Waals surface area contributed by atoms with Gasteiger partial charge < -0.3 is 15.8 Å². The number of nitrogens with one attached hydrogen (secondary N) is 2. The van der Waals surface area contributed by atoms with Crippen LogP contribution in [-0.2, 0) is 11.2 Å². The van der Waals surface area contributed by atoms with Crippen LogP contribution in [0, 0.1) is 0 Å². The fourth-order valence-electron chi connectivity index (χ4n) is 1.12. The van der Waals surface area contributed by atoms with E-state index in [2.05, 4.69) is 15.5 Å². The molecular formula is C10H18N4O2. The molecule has 0 aliphatic heterocycles. The summed E-state index contributed by atoms with van der Waals surface area (Å²) in [4.78, 5) is 11.3. The summed E-state index contributed by atoms with van der Waals surface area (Å²) in [5.41, 5.74) is 5.81. The van der Waals surface area contributed by atoms with Crippen LogP contribution in [0.2, 0.25) is 0 Å². The minimum Gasteiger partial charge on any atom is -0.444 e. The van der Waals surface area contributed by atoms with Crippen molar-refractivity contribution >= 4 is 11.9 Å². The summed E-state index contributed by atoms with van der Waals surface area (Å²) in [6.45, 7) is 5.93. The van der Waals surface area contributed by atoms with E-state index in [0.717, 1.165) is 5.69 Å².